The van der Waals surface area contributed by atoms with Crippen LogP contribution in [-0.2, 0) is 16.0 Å². The van der Waals surface area contributed by atoms with E-state index in [9.17, 15) is 4.79 Å². The van der Waals surface area contributed by atoms with E-state index in [0.29, 0.717) is 19.6 Å². The maximum atomic E-state index is 11.5. The maximum Gasteiger partial charge on any atom is 0.146 e. The summed E-state index contributed by atoms with van der Waals surface area (Å²) in [6.45, 7) is 1.84. The fourth-order valence-electron chi connectivity index (χ4n) is 1.62. The van der Waals surface area contributed by atoms with Crippen LogP contribution in [0.15, 0.2) is 30.3 Å². The summed E-state index contributed by atoms with van der Waals surface area (Å²) in [5.74, 6) is 0.275. The van der Waals surface area contributed by atoms with Gasteiger partial charge in [0.25, 0.3) is 0 Å². The molecule has 1 aromatic carbocycles. The summed E-state index contributed by atoms with van der Waals surface area (Å²) in [7, 11) is 1.66. The Balaban J connectivity index is 2.04. The van der Waals surface area contributed by atoms with Crippen LogP contribution in [-0.4, -0.2) is 32.6 Å². The third-order valence-electron chi connectivity index (χ3n) is 2.57. The molecule has 0 spiro atoms. The SMILES string of the molecule is COCCNCC(=O)CCCc1ccccc1. The molecule has 0 saturated carbocycles. The molecule has 1 aromatic rings. The standard InChI is InChI=1S/C14H21NO2/c1-17-11-10-15-12-14(16)9-5-8-13-6-3-2-4-7-13/h2-4,6-7,15H,5,8-12H2,1H3. The van der Waals surface area contributed by atoms with Crippen LogP contribution in [0.2, 0.25) is 0 Å². The molecule has 0 radical (unpaired) electrons. The second-order valence-electron chi connectivity index (χ2n) is 4.05. The highest BCUT2D eigenvalue weighted by atomic mass is 16.5. The normalized spacial score (nSPS) is 10.4. The Morgan fingerprint density at radius 3 is 2.76 bits per heavy atom. The highest BCUT2D eigenvalue weighted by Crippen LogP contribution is 2.04. The van der Waals surface area contributed by atoms with Gasteiger partial charge in [0.15, 0.2) is 0 Å². The summed E-state index contributed by atoms with van der Waals surface area (Å²) in [4.78, 5) is 11.5. The lowest BCUT2D eigenvalue weighted by molar-refractivity contribution is -0.118. The van der Waals surface area contributed by atoms with Gasteiger partial charge in [-0.3, -0.25) is 4.79 Å². The lowest BCUT2D eigenvalue weighted by Crippen LogP contribution is -2.26. The summed E-state index contributed by atoms with van der Waals surface area (Å²) in [6, 6.07) is 10.3. The topological polar surface area (TPSA) is 38.3 Å². The van der Waals surface area contributed by atoms with Gasteiger partial charge >= 0.3 is 0 Å². The monoisotopic (exact) mass is 235 g/mol. The van der Waals surface area contributed by atoms with E-state index >= 15 is 0 Å². The molecule has 0 bridgehead atoms. The first-order valence-corrected chi connectivity index (χ1v) is 6.08. The number of Topliss-reactive ketones (excluding diaryl/α,β-unsaturated/α-hetero) is 1. The quantitative estimate of drug-likeness (QED) is 0.663. The van der Waals surface area contributed by atoms with E-state index in [1.54, 1.807) is 7.11 Å². The number of methoxy groups -OCH3 is 1. The molecule has 0 aliphatic carbocycles. The molecule has 3 heteroatoms. The number of benzene rings is 1. The van der Waals surface area contributed by atoms with Crippen LogP contribution in [0.4, 0.5) is 0 Å². The molecule has 0 amide bonds. The first-order chi connectivity index (χ1) is 8.33. The van der Waals surface area contributed by atoms with E-state index in [-0.39, 0.29) is 5.78 Å². The molecule has 1 rings (SSSR count). The van der Waals surface area contributed by atoms with Crippen molar-refractivity contribution >= 4 is 5.78 Å². The van der Waals surface area contributed by atoms with E-state index in [1.807, 2.05) is 18.2 Å². The van der Waals surface area contributed by atoms with E-state index < -0.39 is 0 Å². The summed E-state index contributed by atoms with van der Waals surface area (Å²) in [5.41, 5.74) is 1.30. The molecule has 0 saturated heterocycles. The van der Waals surface area contributed by atoms with Crippen molar-refractivity contribution < 1.29 is 9.53 Å². The van der Waals surface area contributed by atoms with Crippen LogP contribution in [0.3, 0.4) is 0 Å². The predicted molar refractivity (Wildman–Crippen MR) is 69.1 cm³/mol. The van der Waals surface area contributed by atoms with Crippen molar-refractivity contribution in [2.45, 2.75) is 19.3 Å². The van der Waals surface area contributed by atoms with Crippen LogP contribution in [0.1, 0.15) is 18.4 Å². The van der Waals surface area contributed by atoms with Crippen molar-refractivity contribution in [3.05, 3.63) is 35.9 Å². The Morgan fingerprint density at radius 1 is 1.29 bits per heavy atom. The zero-order valence-electron chi connectivity index (χ0n) is 10.4. The van der Waals surface area contributed by atoms with Gasteiger partial charge in [0, 0.05) is 20.1 Å². The lowest BCUT2D eigenvalue weighted by Gasteiger charge is -2.03. The van der Waals surface area contributed by atoms with Gasteiger partial charge in [-0.25, -0.2) is 0 Å². The van der Waals surface area contributed by atoms with Crippen LogP contribution in [0, 0.1) is 0 Å². The zero-order valence-corrected chi connectivity index (χ0v) is 10.4. The summed E-state index contributed by atoms with van der Waals surface area (Å²) >= 11 is 0. The van der Waals surface area contributed by atoms with Gasteiger partial charge in [-0.05, 0) is 18.4 Å². The molecule has 0 aromatic heterocycles. The smallest absolute Gasteiger partial charge is 0.146 e. The Hall–Kier alpha value is -1.19. The Kier molecular flexibility index (Phi) is 7.27. The fraction of sp³-hybridized carbons (Fsp3) is 0.500. The molecule has 0 fully saturated rings. The van der Waals surface area contributed by atoms with Crippen molar-refractivity contribution in [2.24, 2.45) is 0 Å². The van der Waals surface area contributed by atoms with E-state index in [2.05, 4.69) is 17.4 Å². The molecule has 3 nitrogen and oxygen atoms in total. The van der Waals surface area contributed by atoms with Crippen LogP contribution in [0.5, 0.6) is 0 Å². The van der Waals surface area contributed by atoms with Gasteiger partial charge in [0.1, 0.15) is 5.78 Å². The molecular formula is C14H21NO2. The molecule has 0 atom stereocenters. The fourth-order valence-corrected chi connectivity index (χ4v) is 1.62. The van der Waals surface area contributed by atoms with Gasteiger partial charge in [-0.15, -0.1) is 0 Å². The van der Waals surface area contributed by atoms with Crippen molar-refractivity contribution in [2.75, 3.05) is 26.8 Å². The number of carbonyl (C=O) groups is 1. The minimum absolute atomic E-state index is 0.275. The summed E-state index contributed by atoms with van der Waals surface area (Å²) < 4.78 is 4.89. The Morgan fingerprint density at radius 2 is 2.06 bits per heavy atom. The van der Waals surface area contributed by atoms with Gasteiger partial charge < -0.3 is 10.1 Å². The summed E-state index contributed by atoms with van der Waals surface area (Å²) in [5, 5.41) is 3.06. The number of ketones is 1. The second kappa shape index (κ2) is 8.90. The first-order valence-electron chi connectivity index (χ1n) is 6.08. The number of nitrogens with one attached hydrogen (secondary N) is 1. The summed E-state index contributed by atoms with van der Waals surface area (Å²) in [6.07, 6.45) is 2.55. The first kappa shape index (κ1) is 13.9. The van der Waals surface area contributed by atoms with Crippen LogP contribution < -0.4 is 5.32 Å². The van der Waals surface area contributed by atoms with Crippen molar-refractivity contribution in [1.29, 1.82) is 0 Å². The van der Waals surface area contributed by atoms with Crippen molar-refractivity contribution in [3.63, 3.8) is 0 Å². The third kappa shape index (κ3) is 6.87. The van der Waals surface area contributed by atoms with Crippen LogP contribution in [0.25, 0.3) is 0 Å². The van der Waals surface area contributed by atoms with E-state index in [1.165, 1.54) is 5.56 Å². The largest absolute Gasteiger partial charge is 0.383 e. The Bertz CT molecular complexity index is 311. The maximum absolute atomic E-state index is 11.5. The van der Waals surface area contributed by atoms with E-state index in [0.717, 1.165) is 19.4 Å². The molecule has 0 unspecified atom stereocenters. The molecule has 94 valence electrons. The predicted octanol–water partition coefficient (Wildman–Crippen LogP) is 1.81. The average Bonchev–Trinajstić information content (AvgIpc) is 2.36. The van der Waals surface area contributed by atoms with Gasteiger partial charge in [0.05, 0.1) is 13.2 Å². The van der Waals surface area contributed by atoms with Gasteiger partial charge in [-0.2, -0.15) is 0 Å². The molecule has 0 heterocycles. The van der Waals surface area contributed by atoms with Crippen molar-refractivity contribution in [3.8, 4) is 0 Å². The molecule has 0 aliphatic rings. The number of hydrogen-bond acceptors (Lipinski definition) is 3. The average molecular weight is 235 g/mol. The number of rotatable bonds is 9. The number of hydrogen-bond donors (Lipinski definition) is 1. The Labute approximate surface area is 103 Å². The molecular weight excluding hydrogens is 214 g/mol. The molecule has 0 aliphatic heterocycles. The lowest BCUT2D eigenvalue weighted by atomic mass is 10.1. The number of aryl methyl sites for hydroxylation is 1. The minimum Gasteiger partial charge on any atom is -0.383 e. The number of carbonyl (C=O) groups excluding carboxylic acids is 1. The zero-order chi connectivity index (χ0) is 12.3. The van der Waals surface area contributed by atoms with Gasteiger partial charge in [0.2, 0.25) is 0 Å². The molecule has 1 N–H and O–H groups in total. The van der Waals surface area contributed by atoms with Gasteiger partial charge in [-0.1, -0.05) is 30.3 Å². The number of ether oxygens (including phenoxy) is 1. The second-order valence-corrected chi connectivity index (χ2v) is 4.05. The highest BCUT2D eigenvalue weighted by molar-refractivity contribution is 5.80. The highest BCUT2D eigenvalue weighted by Gasteiger charge is 2.01. The van der Waals surface area contributed by atoms with Crippen LogP contribution >= 0.6 is 0 Å². The third-order valence-corrected chi connectivity index (χ3v) is 2.57. The van der Waals surface area contributed by atoms with E-state index in [4.69, 9.17) is 4.74 Å². The molecule has 17 heavy (non-hydrogen) atoms. The van der Waals surface area contributed by atoms with Crippen molar-refractivity contribution in [1.82, 2.24) is 5.32 Å². The minimum atomic E-state index is 0.275.